The molecular formula is C20H26FN5O. The van der Waals surface area contributed by atoms with Crippen LogP contribution in [-0.4, -0.2) is 51.9 Å². The van der Waals surface area contributed by atoms with Gasteiger partial charge < -0.3 is 10.6 Å². The molecule has 2 aromatic rings. The zero-order valence-corrected chi connectivity index (χ0v) is 16.0. The summed E-state index contributed by atoms with van der Waals surface area (Å²) in [5.41, 5.74) is 5.63. The van der Waals surface area contributed by atoms with E-state index in [0.717, 1.165) is 6.42 Å². The van der Waals surface area contributed by atoms with Gasteiger partial charge in [0.25, 0.3) is 0 Å². The molecular weight excluding hydrogens is 345 g/mol. The van der Waals surface area contributed by atoms with Gasteiger partial charge in [-0.1, -0.05) is 12.1 Å². The molecule has 3 rings (SSSR count). The van der Waals surface area contributed by atoms with E-state index < -0.39 is 5.41 Å². The van der Waals surface area contributed by atoms with Crippen LogP contribution in [0, 0.1) is 5.82 Å². The van der Waals surface area contributed by atoms with Crippen molar-refractivity contribution in [1.82, 2.24) is 19.8 Å². The number of amides is 1. The standard InChI is InChI=1S/C20H26FN5O/c1-20(2,14-5-4-6-15(21)11-14)19(27)26-10-8-16(12-26)25(3)13-18-23-9-7-17(22)24-18/h4-7,9,11,16H,8,10,12-13H2,1-3H3,(H2,22,23,24)/t16-/m1/s1. The normalized spacial score (nSPS) is 17.5. The number of nitrogens with two attached hydrogens (primary N) is 1. The van der Waals surface area contributed by atoms with Crippen LogP contribution >= 0.6 is 0 Å². The molecule has 0 radical (unpaired) electrons. The van der Waals surface area contributed by atoms with Crippen molar-refractivity contribution in [3.05, 3.63) is 53.7 Å². The number of likely N-dealkylation sites (tertiary alicyclic amines) is 1. The number of nitrogen functional groups attached to an aromatic ring is 1. The molecule has 0 aliphatic carbocycles. The smallest absolute Gasteiger partial charge is 0.232 e. The van der Waals surface area contributed by atoms with Crippen LogP contribution in [0.15, 0.2) is 36.5 Å². The SMILES string of the molecule is CN(Cc1nccc(N)n1)[C@@H]1CCN(C(=O)C(C)(C)c2cccc(F)c2)C1. The molecule has 1 atom stereocenters. The van der Waals surface area contributed by atoms with Gasteiger partial charge in [0, 0.05) is 25.3 Å². The molecule has 1 amide bonds. The largest absolute Gasteiger partial charge is 0.384 e. The van der Waals surface area contributed by atoms with Gasteiger partial charge in [-0.05, 0) is 51.1 Å². The van der Waals surface area contributed by atoms with Gasteiger partial charge in [0.1, 0.15) is 17.5 Å². The highest BCUT2D eigenvalue weighted by molar-refractivity contribution is 5.87. The van der Waals surface area contributed by atoms with Crippen LogP contribution in [0.5, 0.6) is 0 Å². The fraction of sp³-hybridized carbons (Fsp3) is 0.450. The molecule has 0 spiro atoms. The van der Waals surface area contributed by atoms with Crippen LogP contribution in [0.4, 0.5) is 10.2 Å². The van der Waals surface area contributed by atoms with E-state index in [9.17, 15) is 9.18 Å². The van der Waals surface area contributed by atoms with Gasteiger partial charge in [0.05, 0.1) is 12.0 Å². The molecule has 1 fully saturated rings. The minimum atomic E-state index is -0.771. The highest BCUT2D eigenvalue weighted by Gasteiger charge is 2.38. The van der Waals surface area contributed by atoms with E-state index in [0.29, 0.717) is 36.8 Å². The third-order valence-electron chi connectivity index (χ3n) is 5.27. The van der Waals surface area contributed by atoms with Crippen LogP contribution in [0.1, 0.15) is 31.7 Å². The summed E-state index contributed by atoms with van der Waals surface area (Å²) < 4.78 is 13.6. The molecule has 1 saturated heterocycles. The number of hydrogen-bond acceptors (Lipinski definition) is 5. The van der Waals surface area contributed by atoms with Crippen molar-refractivity contribution in [2.24, 2.45) is 0 Å². The van der Waals surface area contributed by atoms with Crippen molar-refractivity contribution >= 4 is 11.7 Å². The maximum atomic E-state index is 13.6. The first-order valence-corrected chi connectivity index (χ1v) is 9.10. The lowest BCUT2D eigenvalue weighted by Gasteiger charge is -2.30. The highest BCUT2D eigenvalue weighted by Crippen LogP contribution is 2.29. The number of likely N-dealkylation sites (N-methyl/N-ethyl adjacent to an activating group) is 1. The maximum absolute atomic E-state index is 13.6. The lowest BCUT2D eigenvalue weighted by Crippen LogP contribution is -2.44. The molecule has 144 valence electrons. The number of aromatic nitrogens is 2. The number of rotatable bonds is 5. The number of carbonyl (C=O) groups excluding carboxylic acids is 1. The molecule has 6 nitrogen and oxygen atoms in total. The second-order valence-electron chi connectivity index (χ2n) is 7.64. The van der Waals surface area contributed by atoms with Crippen molar-refractivity contribution in [2.75, 3.05) is 25.9 Å². The molecule has 0 bridgehead atoms. The minimum absolute atomic E-state index is 0.0178. The Hall–Kier alpha value is -2.54. The second kappa shape index (κ2) is 7.60. The molecule has 2 N–H and O–H groups in total. The first kappa shape index (κ1) is 19.2. The van der Waals surface area contributed by atoms with Gasteiger partial charge >= 0.3 is 0 Å². The van der Waals surface area contributed by atoms with Gasteiger partial charge in [-0.3, -0.25) is 9.69 Å². The lowest BCUT2D eigenvalue weighted by atomic mass is 9.83. The average molecular weight is 371 g/mol. The number of carbonyl (C=O) groups is 1. The van der Waals surface area contributed by atoms with Crippen molar-refractivity contribution in [3.8, 4) is 0 Å². The molecule has 1 aliphatic heterocycles. The molecule has 0 saturated carbocycles. The Labute approximate surface area is 159 Å². The fourth-order valence-electron chi connectivity index (χ4n) is 3.53. The van der Waals surface area contributed by atoms with E-state index >= 15 is 0 Å². The molecule has 1 aromatic carbocycles. The van der Waals surface area contributed by atoms with Crippen LogP contribution in [0.3, 0.4) is 0 Å². The summed E-state index contributed by atoms with van der Waals surface area (Å²) in [5.74, 6) is 0.814. The zero-order valence-electron chi connectivity index (χ0n) is 16.0. The predicted molar refractivity (Wildman–Crippen MR) is 102 cm³/mol. The molecule has 7 heteroatoms. The van der Waals surface area contributed by atoms with E-state index in [1.54, 1.807) is 24.4 Å². The van der Waals surface area contributed by atoms with Crippen LogP contribution in [0.25, 0.3) is 0 Å². The van der Waals surface area contributed by atoms with Gasteiger partial charge in [-0.25, -0.2) is 14.4 Å². The molecule has 1 aliphatic rings. The lowest BCUT2D eigenvalue weighted by molar-refractivity contribution is -0.135. The summed E-state index contributed by atoms with van der Waals surface area (Å²) in [5, 5.41) is 0. The highest BCUT2D eigenvalue weighted by atomic mass is 19.1. The average Bonchev–Trinajstić information content (AvgIpc) is 3.11. The zero-order chi connectivity index (χ0) is 19.6. The van der Waals surface area contributed by atoms with Crippen LogP contribution in [-0.2, 0) is 16.8 Å². The Balaban J connectivity index is 1.65. The number of benzene rings is 1. The summed E-state index contributed by atoms with van der Waals surface area (Å²) in [6, 6.07) is 8.16. The van der Waals surface area contributed by atoms with Gasteiger partial charge in [0.15, 0.2) is 0 Å². The van der Waals surface area contributed by atoms with Crippen LogP contribution in [0.2, 0.25) is 0 Å². The quantitative estimate of drug-likeness (QED) is 0.872. The monoisotopic (exact) mass is 371 g/mol. The third-order valence-corrected chi connectivity index (χ3v) is 5.27. The first-order valence-electron chi connectivity index (χ1n) is 9.10. The van der Waals surface area contributed by atoms with Gasteiger partial charge in [-0.15, -0.1) is 0 Å². The van der Waals surface area contributed by atoms with Gasteiger partial charge in [-0.2, -0.15) is 0 Å². The van der Waals surface area contributed by atoms with Crippen molar-refractivity contribution in [1.29, 1.82) is 0 Å². The predicted octanol–water partition coefficient (Wildman–Crippen LogP) is 2.21. The summed E-state index contributed by atoms with van der Waals surface area (Å²) in [4.78, 5) is 25.6. The first-order chi connectivity index (χ1) is 12.8. The van der Waals surface area contributed by atoms with E-state index in [2.05, 4.69) is 14.9 Å². The van der Waals surface area contributed by atoms with E-state index in [4.69, 9.17) is 5.73 Å². The number of nitrogens with zero attached hydrogens (tertiary/aromatic N) is 4. The van der Waals surface area contributed by atoms with Crippen molar-refractivity contribution < 1.29 is 9.18 Å². The number of hydrogen-bond donors (Lipinski definition) is 1. The summed E-state index contributed by atoms with van der Waals surface area (Å²) in [7, 11) is 2.00. The number of anilines is 1. The number of halogens is 1. The molecule has 2 heterocycles. The summed E-state index contributed by atoms with van der Waals surface area (Å²) in [6.45, 7) is 5.59. The van der Waals surface area contributed by atoms with Crippen molar-refractivity contribution in [3.63, 3.8) is 0 Å². The fourth-order valence-corrected chi connectivity index (χ4v) is 3.53. The van der Waals surface area contributed by atoms with Gasteiger partial charge in [0.2, 0.25) is 5.91 Å². The Morgan fingerprint density at radius 1 is 1.41 bits per heavy atom. The maximum Gasteiger partial charge on any atom is 0.232 e. The summed E-state index contributed by atoms with van der Waals surface area (Å²) in [6.07, 6.45) is 2.53. The Morgan fingerprint density at radius 3 is 2.89 bits per heavy atom. The third kappa shape index (κ3) is 4.24. The molecule has 0 unspecified atom stereocenters. The summed E-state index contributed by atoms with van der Waals surface area (Å²) >= 11 is 0. The minimum Gasteiger partial charge on any atom is -0.384 e. The van der Waals surface area contributed by atoms with Crippen LogP contribution < -0.4 is 5.73 Å². The topological polar surface area (TPSA) is 75.4 Å². The van der Waals surface area contributed by atoms with E-state index in [-0.39, 0.29) is 17.8 Å². The molecule has 1 aromatic heterocycles. The van der Waals surface area contributed by atoms with Crippen molar-refractivity contribution in [2.45, 2.75) is 38.3 Å². The molecule has 27 heavy (non-hydrogen) atoms. The Bertz CT molecular complexity index is 826. The second-order valence-corrected chi connectivity index (χ2v) is 7.64. The Kier molecular flexibility index (Phi) is 5.41. The van der Waals surface area contributed by atoms with E-state index in [1.165, 1.54) is 12.1 Å². The van der Waals surface area contributed by atoms with E-state index in [1.807, 2.05) is 25.8 Å². The Morgan fingerprint density at radius 2 is 2.19 bits per heavy atom.